The molecule has 3 atom stereocenters. The Kier molecular flexibility index (Phi) is 3.59. The number of rotatable bonds is 2. The normalized spacial score (nSPS) is 30.3. The summed E-state index contributed by atoms with van der Waals surface area (Å²) in [5, 5.41) is 9.84. The number of carbonyl (C=O) groups excluding carboxylic acids is 2. The molecule has 0 saturated carbocycles. The highest BCUT2D eigenvalue weighted by molar-refractivity contribution is 6.13. The Morgan fingerprint density at radius 3 is 2.74 bits per heavy atom. The number of phenolic OH excluding ortho intramolecular Hbond substituents is 1. The first-order valence-corrected chi connectivity index (χ1v) is 7.78. The molecule has 0 amide bonds. The van der Waals surface area contributed by atoms with Crippen molar-refractivity contribution in [2.24, 2.45) is 11.3 Å². The van der Waals surface area contributed by atoms with Crippen molar-refractivity contribution in [2.45, 2.75) is 26.2 Å². The van der Waals surface area contributed by atoms with Gasteiger partial charge in [-0.15, -0.1) is 0 Å². The van der Waals surface area contributed by atoms with Gasteiger partial charge in [0.25, 0.3) is 0 Å². The van der Waals surface area contributed by atoms with Crippen LogP contribution in [0.5, 0.6) is 5.75 Å². The average Bonchev–Trinajstić information content (AvgIpc) is 2.52. The predicted molar refractivity (Wildman–Crippen MR) is 89.1 cm³/mol. The molecule has 23 heavy (non-hydrogen) atoms. The lowest BCUT2D eigenvalue weighted by Gasteiger charge is -2.47. The molecule has 2 aliphatic rings. The van der Waals surface area contributed by atoms with Crippen molar-refractivity contribution in [3.05, 3.63) is 65.8 Å². The maximum absolute atomic E-state index is 13.0. The van der Waals surface area contributed by atoms with Crippen molar-refractivity contribution < 1.29 is 14.7 Å². The number of hydrogen-bond donors (Lipinski definition) is 1. The quantitative estimate of drug-likeness (QED) is 0.906. The van der Waals surface area contributed by atoms with E-state index in [0.717, 1.165) is 11.1 Å². The summed E-state index contributed by atoms with van der Waals surface area (Å²) < 4.78 is 0. The molecule has 0 bridgehead atoms. The third-order valence-corrected chi connectivity index (χ3v) is 5.24. The van der Waals surface area contributed by atoms with Gasteiger partial charge in [-0.25, -0.2) is 0 Å². The van der Waals surface area contributed by atoms with Crippen LogP contribution in [0.4, 0.5) is 0 Å². The summed E-state index contributed by atoms with van der Waals surface area (Å²) in [4.78, 5) is 25.5. The molecule has 3 heteroatoms. The fraction of sp³-hybridized carbons (Fsp3) is 0.300. The van der Waals surface area contributed by atoms with E-state index in [1.54, 1.807) is 31.2 Å². The lowest BCUT2D eigenvalue weighted by Crippen LogP contribution is -2.49. The Labute approximate surface area is 136 Å². The van der Waals surface area contributed by atoms with Crippen molar-refractivity contribution in [3.8, 4) is 5.75 Å². The van der Waals surface area contributed by atoms with Gasteiger partial charge in [-0.2, -0.15) is 0 Å². The molecule has 0 aromatic heterocycles. The van der Waals surface area contributed by atoms with Crippen LogP contribution in [0.25, 0.3) is 0 Å². The number of benzene rings is 1. The standard InChI is InChI=1S/C20H20O3/c1-4-13-8-9-16-17(22)10-12(2)19(23)20(16,3)18(13)14-6-5-7-15(21)11-14/h4-8,10-11,16,18,21H,1,9H2,2-3H3/t16-,18+,20+/m0/s1. The first-order chi connectivity index (χ1) is 10.9. The Morgan fingerprint density at radius 1 is 1.35 bits per heavy atom. The minimum atomic E-state index is -0.845. The zero-order valence-electron chi connectivity index (χ0n) is 13.4. The zero-order valence-corrected chi connectivity index (χ0v) is 13.4. The SMILES string of the molecule is C=CC1=CC[C@H]2C(=O)C=C(C)C(=O)[C@@]2(C)[C@H]1c1cccc(O)c1. The van der Waals surface area contributed by atoms with Crippen molar-refractivity contribution >= 4 is 11.6 Å². The number of phenols is 1. The summed E-state index contributed by atoms with van der Waals surface area (Å²) in [6, 6.07) is 6.92. The van der Waals surface area contributed by atoms with Crippen LogP contribution >= 0.6 is 0 Å². The van der Waals surface area contributed by atoms with Crippen LogP contribution in [0.2, 0.25) is 0 Å². The van der Waals surface area contributed by atoms with Crippen LogP contribution in [-0.2, 0) is 9.59 Å². The number of ketones is 2. The summed E-state index contributed by atoms with van der Waals surface area (Å²) in [6.07, 6.45) is 5.76. The molecule has 3 nitrogen and oxygen atoms in total. The van der Waals surface area contributed by atoms with E-state index in [1.165, 1.54) is 6.08 Å². The van der Waals surface area contributed by atoms with Gasteiger partial charge >= 0.3 is 0 Å². The van der Waals surface area contributed by atoms with Gasteiger partial charge in [0, 0.05) is 11.8 Å². The summed E-state index contributed by atoms with van der Waals surface area (Å²) >= 11 is 0. The molecular formula is C20H20O3. The minimum absolute atomic E-state index is 0.00268. The van der Waals surface area contributed by atoms with E-state index in [0.29, 0.717) is 12.0 Å². The lowest BCUT2D eigenvalue weighted by atomic mass is 9.53. The molecule has 0 heterocycles. The van der Waals surface area contributed by atoms with Gasteiger partial charge in [-0.05, 0) is 48.3 Å². The summed E-state index contributed by atoms with van der Waals surface area (Å²) in [6.45, 7) is 7.45. The molecule has 1 aromatic carbocycles. The molecule has 0 aliphatic heterocycles. The molecule has 0 spiro atoms. The number of Topliss-reactive ketones (excluding diaryl/α,β-unsaturated/α-hetero) is 1. The second kappa shape index (κ2) is 5.34. The van der Waals surface area contributed by atoms with Crippen molar-refractivity contribution in [1.29, 1.82) is 0 Å². The largest absolute Gasteiger partial charge is 0.508 e. The van der Waals surface area contributed by atoms with E-state index in [4.69, 9.17) is 0 Å². The van der Waals surface area contributed by atoms with Crippen LogP contribution in [0.15, 0.2) is 60.2 Å². The maximum Gasteiger partial charge on any atom is 0.166 e. The van der Waals surface area contributed by atoms with E-state index in [-0.39, 0.29) is 29.2 Å². The monoisotopic (exact) mass is 308 g/mol. The number of fused-ring (bicyclic) bond motifs is 1. The molecule has 1 N–H and O–H groups in total. The van der Waals surface area contributed by atoms with Crippen LogP contribution < -0.4 is 0 Å². The molecule has 118 valence electrons. The molecule has 0 radical (unpaired) electrons. The first-order valence-electron chi connectivity index (χ1n) is 7.78. The van der Waals surface area contributed by atoms with Crippen LogP contribution in [0.1, 0.15) is 31.7 Å². The van der Waals surface area contributed by atoms with Crippen molar-refractivity contribution in [2.75, 3.05) is 0 Å². The summed E-state index contributed by atoms with van der Waals surface area (Å²) in [7, 11) is 0. The molecule has 3 rings (SSSR count). The number of carbonyl (C=O) groups is 2. The molecule has 0 fully saturated rings. The average molecular weight is 308 g/mol. The predicted octanol–water partition coefficient (Wildman–Crippen LogP) is 3.71. The molecule has 0 unspecified atom stereocenters. The highest BCUT2D eigenvalue weighted by Crippen LogP contribution is 2.55. The molecule has 0 saturated heterocycles. The van der Waals surface area contributed by atoms with Gasteiger partial charge in [-0.3, -0.25) is 9.59 Å². The Balaban J connectivity index is 2.25. The van der Waals surface area contributed by atoms with Crippen LogP contribution in [-0.4, -0.2) is 16.7 Å². The second-order valence-corrected chi connectivity index (χ2v) is 6.57. The number of hydrogen-bond acceptors (Lipinski definition) is 3. The highest BCUT2D eigenvalue weighted by Gasteiger charge is 2.54. The number of aromatic hydroxyl groups is 1. The van der Waals surface area contributed by atoms with E-state index in [2.05, 4.69) is 6.58 Å². The lowest BCUT2D eigenvalue weighted by molar-refractivity contribution is -0.137. The van der Waals surface area contributed by atoms with Crippen molar-refractivity contribution in [1.82, 2.24) is 0 Å². The Morgan fingerprint density at radius 2 is 2.09 bits per heavy atom. The van der Waals surface area contributed by atoms with E-state index in [9.17, 15) is 14.7 Å². The van der Waals surface area contributed by atoms with Crippen molar-refractivity contribution in [3.63, 3.8) is 0 Å². The van der Waals surface area contributed by atoms with Crippen LogP contribution in [0, 0.1) is 11.3 Å². The summed E-state index contributed by atoms with van der Waals surface area (Å²) in [5.74, 6) is -0.490. The van der Waals surface area contributed by atoms with E-state index in [1.807, 2.05) is 19.1 Å². The number of allylic oxidation sites excluding steroid dienone is 5. The van der Waals surface area contributed by atoms with Gasteiger partial charge in [0.2, 0.25) is 0 Å². The zero-order chi connectivity index (χ0) is 16.8. The van der Waals surface area contributed by atoms with Gasteiger partial charge in [0.15, 0.2) is 11.6 Å². The second-order valence-electron chi connectivity index (χ2n) is 6.57. The maximum atomic E-state index is 13.0. The van der Waals surface area contributed by atoms with Gasteiger partial charge in [0.05, 0.1) is 5.41 Å². The molecule has 1 aromatic rings. The first kappa shape index (κ1) is 15.5. The smallest absolute Gasteiger partial charge is 0.166 e. The topological polar surface area (TPSA) is 54.4 Å². The van der Waals surface area contributed by atoms with Gasteiger partial charge in [0.1, 0.15) is 5.75 Å². The van der Waals surface area contributed by atoms with E-state index >= 15 is 0 Å². The summed E-state index contributed by atoms with van der Waals surface area (Å²) in [5.41, 5.74) is 1.43. The Hall–Kier alpha value is -2.42. The fourth-order valence-corrected chi connectivity index (χ4v) is 4.11. The van der Waals surface area contributed by atoms with Gasteiger partial charge < -0.3 is 5.11 Å². The minimum Gasteiger partial charge on any atom is -0.508 e. The van der Waals surface area contributed by atoms with Gasteiger partial charge in [-0.1, -0.05) is 37.8 Å². The van der Waals surface area contributed by atoms with Crippen LogP contribution in [0.3, 0.4) is 0 Å². The third-order valence-electron chi connectivity index (χ3n) is 5.24. The fourth-order valence-electron chi connectivity index (χ4n) is 4.11. The third kappa shape index (κ3) is 2.19. The molecular weight excluding hydrogens is 288 g/mol. The van der Waals surface area contributed by atoms with E-state index < -0.39 is 5.41 Å². The Bertz CT molecular complexity index is 769. The highest BCUT2D eigenvalue weighted by atomic mass is 16.3. The molecule has 2 aliphatic carbocycles.